The highest BCUT2D eigenvalue weighted by Gasteiger charge is 2.14. The van der Waals surface area contributed by atoms with Gasteiger partial charge in [-0.05, 0) is 34.6 Å². The number of benzene rings is 2. The molecule has 112 valence electrons. The van der Waals surface area contributed by atoms with E-state index in [0.29, 0.717) is 33.1 Å². The summed E-state index contributed by atoms with van der Waals surface area (Å²) in [5.74, 6) is 0.339. The molecule has 3 rings (SSSR count). The van der Waals surface area contributed by atoms with Gasteiger partial charge in [0, 0.05) is 10.6 Å². The summed E-state index contributed by atoms with van der Waals surface area (Å²) in [6.07, 6.45) is 0.0878. The van der Waals surface area contributed by atoms with Gasteiger partial charge in [0.25, 0.3) is 0 Å². The summed E-state index contributed by atoms with van der Waals surface area (Å²) >= 11 is 6.14. The number of nitrogens with zero attached hydrogens (tertiary/aromatic N) is 2. The predicted octanol–water partition coefficient (Wildman–Crippen LogP) is 3.07. The van der Waals surface area contributed by atoms with Gasteiger partial charge >= 0.3 is 0 Å². The molecule has 0 saturated heterocycles. The average Bonchev–Trinajstić information content (AvgIpc) is 2.99. The number of aromatic nitrogens is 2. The van der Waals surface area contributed by atoms with Crippen molar-refractivity contribution in [1.29, 1.82) is 0 Å². The molecule has 1 aromatic heterocycles. The van der Waals surface area contributed by atoms with E-state index in [1.54, 1.807) is 36.4 Å². The summed E-state index contributed by atoms with van der Waals surface area (Å²) in [5, 5.41) is 10.8. The van der Waals surface area contributed by atoms with Crippen LogP contribution in [0.25, 0.3) is 11.0 Å². The highest BCUT2D eigenvalue weighted by Crippen LogP contribution is 2.27. The molecule has 22 heavy (non-hydrogen) atoms. The fraction of sp³-hybridized carbons (Fsp3) is 0.133. The van der Waals surface area contributed by atoms with Gasteiger partial charge in [-0.1, -0.05) is 23.7 Å². The van der Waals surface area contributed by atoms with Gasteiger partial charge in [-0.2, -0.15) is 0 Å². The molecular weight excluding hydrogens is 306 g/mol. The summed E-state index contributed by atoms with van der Waals surface area (Å²) in [6.45, 7) is 0. The summed E-state index contributed by atoms with van der Waals surface area (Å²) < 4.78 is 9.90. The largest absolute Gasteiger partial charge is 0.496 e. The van der Waals surface area contributed by atoms with Gasteiger partial charge in [-0.3, -0.25) is 4.79 Å². The Morgan fingerprint density at radius 2 is 2.09 bits per heavy atom. The lowest BCUT2D eigenvalue weighted by molar-refractivity contribution is -0.115. The zero-order chi connectivity index (χ0) is 15.5. The number of hydrogen-bond acceptors (Lipinski definition) is 5. The lowest BCUT2D eigenvalue weighted by Gasteiger charge is -2.10. The molecule has 1 amide bonds. The first-order valence-electron chi connectivity index (χ1n) is 6.51. The van der Waals surface area contributed by atoms with Crippen molar-refractivity contribution in [3.05, 3.63) is 47.0 Å². The molecule has 0 aliphatic heterocycles. The maximum absolute atomic E-state index is 12.3. The van der Waals surface area contributed by atoms with Gasteiger partial charge in [-0.25, -0.2) is 4.63 Å². The summed E-state index contributed by atoms with van der Waals surface area (Å²) in [7, 11) is 1.54. The second-order valence-corrected chi connectivity index (χ2v) is 4.99. The number of carbonyl (C=O) groups excluding carboxylic acids is 1. The number of ether oxygens (including phenoxy) is 1. The number of anilines is 1. The quantitative estimate of drug-likeness (QED) is 0.800. The minimum atomic E-state index is -0.234. The predicted molar refractivity (Wildman–Crippen MR) is 82.1 cm³/mol. The monoisotopic (exact) mass is 317 g/mol. The zero-order valence-corrected chi connectivity index (χ0v) is 12.4. The topological polar surface area (TPSA) is 77.2 Å². The van der Waals surface area contributed by atoms with Crippen LogP contribution in [0.1, 0.15) is 5.56 Å². The normalized spacial score (nSPS) is 10.6. The molecule has 0 aliphatic rings. The van der Waals surface area contributed by atoms with Crippen LogP contribution in [0.15, 0.2) is 41.0 Å². The summed E-state index contributed by atoms with van der Waals surface area (Å²) in [6, 6.07) is 10.5. The molecule has 0 fully saturated rings. The van der Waals surface area contributed by atoms with Crippen molar-refractivity contribution in [2.45, 2.75) is 6.42 Å². The van der Waals surface area contributed by atoms with Crippen molar-refractivity contribution in [3.8, 4) is 5.75 Å². The van der Waals surface area contributed by atoms with Gasteiger partial charge in [0.2, 0.25) is 5.91 Å². The number of rotatable bonds is 4. The second-order valence-electron chi connectivity index (χ2n) is 4.58. The van der Waals surface area contributed by atoms with E-state index in [2.05, 4.69) is 20.3 Å². The van der Waals surface area contributed by atoms with E-state index in [1.807, 2.05) is 0 Å². The number of carbonyl (C=O) groups is 1. The molecule has 7 heteroatoms. The minimum Gasteiger partial charge on any atom is -0.496 e. The van der Waals surface area contributed by atoms with E-state index in [0.717, 1.165) is 0 Å². The van der Waals surface area contributed by atoms with Crippen molar-refractivity contribution in [2.24, 2.45) is 0 Å². The number of methoxy groups -OCH3 is 1. The van der Waals surface area contributed by atoms with Crippen LogP contribution in [0.5, 0.6) is 5.75 Å². The number of nitrogens with one attached hydrogen (secondary N) is 1. The maximum Gasteiger partial charge on any atom is 0.229 e. The van der Waals surface area contributed by atoms with E-state index in [1.165, 1.54) is 7.11 Å². The molecule has 0 aliphatic carbocycles. The Kier molecular flexibility index (Phi) is 3.93. The highest BCUT2D eigenvalue weighted by molar-refractivity contribution is 6.31. The average molecular weight is 318 g/mol. The van der Waals surface area contributed by atoms with E-state index in [9.17, 15) is 4.79 Å². The lowest BCUT2D eigenvalue weighted by Crippen LogP contribution is -2.15. The molecule has 0 bridgehead atoms. The Balaban J connectivity index is 1.83. The molecule has 0 radical (unpaired) electrons. The van der Waals surface area contributed by atoms with Gasteiger partial charge in [0.15, 0.2) is 5.52 Å². The molecule has 0 unspecified atom stereocenters. The molecule has 0 saturated carbocycles. The molecule has 1 heterocycles. The maximum atomic E-state index is 12.3. The van der Waals surface area contributed by atoms with Crippen LogP contribution in [-0.2, 0) is 11.2 Å². The first-order valence-corrected chi connectivity index (χ1v) is 6.89. The molecule has 2 aromatic carbocycles. The Labute approximate surface area is 131 Å². The molecule has 0 spiro atoms. The van der Waals surface area contributed by atoms with Crippen LogP contribution in [-0.4, -0.2) is 23.3 Å². The van der Waals surface area contributed by atoms with Crippen LogP contribution in [0.2, 0.25) is 5.02 Å². The summed E-state index contributed by atoms with van der Waals surface area (Å²) in [5.41, 5.74) is 2.25. The molecule has 1 N–H and O–H groups in total. The van der Waals surface area contributed by atoms with E-state index < -0.39 is 0 Å². The number of fused-ring (bicyclic) bond motifs is 1. The first kappa shape index (κ1) is 14.3. The zero-order valence-electron chi connectivity index (χ0n) is 11.7. The second kappa shape index (κ2) is 6.03. The van der Waals surface area contributed by atoms with Crippen LogP contribution < -0.4 is 10.1 Å². The van der Waals surface area contributed by atoms with Gasteiger partial charge < -0.3 is 10.1 Å². The van der Waals surface area contributed by atoms with Gasteiger partial charge in [0.05, 0.1) is 19.2 Å². The van der Waals surface area contributed by atoms with E-state index in [4.69, 9.17) is 16.3 Å². The molecule has 6 nitrogen and oxygen atoms in total. The third-order valence-corrected chi connectivity index (χ3v) is 3.55. The fourth-order valence-electron chi connectivity index (χ4n) is 2.16. The number of hydrogen-bond donors (Lipinski definition) is 1. The van der Waals surface area contributed by atoms with Crippen LogP contribution >= 0.6 is 11.6 Å². The van der Waals surface area contributed by atoms with Crippen molar-refractivity contribution in [2.75, 3.05) is 12.4 Å². The third kappa shape index (κ3) is 2.73. The van der Waals surface area contributed by atoms with Crippen molar-refractivity contribution in [1.82, 2.24) is 10.3 Å². The van der Waals surface area contributed by atoms with Crippen molar-refractivity contribution < 1.29 is 14.2 Å². The van der Waals surface area contributed by atoms with Gasteiger partial charge in [-0.15, -0.1) is 0 Å². The Hall–Kier alpha value is -2.60. The Morgan fingerprint density at radius 1 is 1.27 bits per heavy atom. The summed E-state index contributed by atoms with van der Waals surface area (Å²) in [4.78, 5) is 12.3. The Morgan fingerprint density at radius 3 is 2.91 bits per heavy atom. The van der Waals surface area contributed by atoms with Crippen LogP contribution in [0, 0.1) is 0 Å². The van der Waals surface area contributed by atoms with E-state index in [-0.39, 0.29) is 12.3 Å². The lowest BCUT2D eigenvalue weighted by atomic mass is 10.1. The number of amides is 1. The van der Waals surface area contributed by atoms with Crippen molar-refractivity contribution >= 4 is 34.2 Å². The van der Waals surface area contributed by atoms with Gasteiger partial charge in [0.1, 0.15) is 11.3 Å². The Bertz CT molecular complexity index is 832. The number of halogens is 1. The first-order chi connectivity index (χ1) is 10.7. The van der Waals surface area contributed by atoms with Crippen LogP contribution in [0.3, 0.4) is 0 Å². The molecule has 0 atom stereocenters. The van der Waals surface area contributed by atoms with Crippen LogP contribution in [0.4, 0.5) is 5.69 Å². The fourth-order valence-corrected chi connectivity index (χ4v) is 2.40. The molecular formula is C15H12ClN3O3. The standard InChI is InChI=1S/C15H12ClN3O3/c1-21-13-7-2-4-10(16)9(13)8-14(20)17-11-5-3-6-12-15(11)19-22-18-12/h2-7H,8H2,1H3,(H,17,20). The van der Waals surface area contributed by atoms with E-state index >= 15 is 0 Å². The molecule has 3 aromatic rings. The minimum absolute atomic E-state index is 0.0878. The third-order valence-electron chi connectivity index (χ3n) is 3.19. The highest BCUT2D eigenvalue weighted by atomic mass is 35.5. The smallest absolute Gasteiger partial charge is 0.229 e. The van der Waals surface area contributed by atoms with Crippen molar-refractivity contribution in [3.63, 3.8) is 0 Å². The SMILES string of the molecule is COc1cccc(Cl)c1CC(=O)Nc1cccc2nonc12.